The van der Waals surface area contributed by atoms with Crippen molar-refractivity contribution < 1.29 is 19.3 Å². The molecule has 0 saturated heterocycles. The SMILES string of the molecule is COc1cc(C(O)C2C(C)=C(C)CCN2C)cc(OC)c1OC. The predicted octanol–water partition coefficient (Wildman–Crippen LogP) is 2.79. The number of aliphatic hydroxyl groups excluding tert-OH is 1. The molecule has 0 aromatic heterocycles. The van der Waals surface area contributed by atoms with Gasteiger partial charge in [0.1, 0.15) is 0 Å². The zero-order valence-corrected chi connectivity index (χ0v) is 14.8. The molecule has 0 radical (unpaired) electrons. The fraction of sp³-hybridized carbons (Fsp3) is 0.556. The van der Waals surface area contributed by atoms with Crippen LogP contribution in [0.15, 0.2) is 23.3 Å². The second-order valence-electron chi connectivity index (χ2n) is 6.04. The lowest BCUT2D eigenvalue weighted by molar-refractivity contribution is 0.0757. The number of rotatable bonds is 5. The monoisotopic (exact) mass is 321 g/mol. The Bertz CT molecular complexity index is 572. The predicted molar refractivity (Wildman–Crippen MR) is 90.5 cm³/mol. The summed E-state index contributed by atoms with van der Waals surface area (Å²) < 4.78 is 16.1. The average molecular weight is 321 g/mol. The molecule has 2 atom stereocenters. The second-order valence-corrected chi connectivity index (χ2v) is 6.04. The zero-order valence-electron chi connectivity index (χ0n) is 14.8. The molecule has 5 nitrogen and oxygen atoms in total. The second kappa shape index (κ2) is 7.23. The lowest BCUT2D eigenvalue weighted by Crippen LogP contribution is -2.41. The third-order valence-corrected chi connectivity index (χ3v) is 4.76. The van der Waals surface area contributed by atoms with E-state index < -0.39 is 6.10 Å². The van der Waals surface area contributed by atoms with Crippen LogP contribution in [0.3, 0.4) is 0 Å². The van der Waals surface area contributed by atoms with Crippen molar-refractivity contribution in [1.82, 2.24) is 4.90 Å². The van der Waals surface area contributed by atoms with E-state index in [9.17, 15) is 5.11 Å². The molecule has 1 aliphatic heterocycles. The number of hydrogen-bond donors (Lipinski definition) is 1. The number of aliphatic hydroxyl groups is 1. The zero-order chi connectivity index (χ0) is 17.1. The fourth-order valence-electron chi connectivity index (χ4n) is 3.20. The van der Waals surface area contributed by atoms with Crippen LogP contribution in [0, 0.1) is 0 Å². The van der Waals surface area contributed by atoms with Gasteiger partial charge in [0.2, 0.25) is 5.75 Å². The molecule has 0 aliphatic carbocycles. The molecule has 1 aromatic rings. The molecule has 23 heavy (non-hydrogen) atoms. The normalized spacial score (nSPS) is 20.4. The van der Waals surface area contributed by atoms with Crippen molar-refractivity contribution in [3.05, 3.63) is 28.8 Å². The summed E-state index contributed by atoms with van der Waals surface area (Å²) in [5, 5.41) is 11.0. The lowest BCUT2D eigenvalue weighted by Gasteiger charge is -2.38. The van der Waals surface area contributed by atoms with Gasteiger partial charge < -0.3 is 19.3 Å². The van der Waals surface area contributed by atoms with E-state index in [1.165, 1.54) is 11.1 Å². The Kier molecular flexibility index (Phi) is 5.55. The third kappa shape index (κ3) is 3.31. The number of benzene rings is 1. The molecule has 1 aliphatic rings. The first-order valence-electron chi connectivity index (χ1n) is 7.79. The van der Waals surface area contributed by atoms with Gasteiger partial charge in [-0.25, -0.2) is 0 Å². The van der Waals surface area contributed by atoms with Crippen molar-refractivity contribution in [1.29, 1.82) is 0 Å². The highest BCUT2D eigenvalue weighted by atomic mass is 16.5. The van der Waals surface area contributed by atoms with Crippen LogP contribution in [0.1, 0.15) is 31.9 Å². The van der Waals surface area contributed by atoms with Gasteiger partial charge in [0.15, 0.2) is 11.5 Å². The van der Waals surface area contributed by atoms with E-state index in [1.807, 2.05) is 19.2 Å². The van der Waals surface area contributed by atoms with E-state index in [4.69, 9.17) is 14.2 Å². The van der Waals surface area contributed by atoms with Gasteiger partial charge in [-0.15, -0.1) is 0 Å². The summed E-state index contributed by atoms with van der Waals surface area (Å²) >= 11 is 0. The first-order chi connectivity index (χ1) is 10.9. The van der Waals surface area contributed by atoms with Crippen LogP contribution in [-0.4, -0.2) is 51.0 Å². The van der Waals surface area contributed by atoms with Crippen molar-refractivity contribution in [2.75, 3.05) is 34.9 Å². The maximum Gasteiger partial charge on any atom is 0.203 e. The lowest BCUT2D eigenvalue weighted by atomic mass is 9.88. The molecular formula is C18H27NO4. The van der Waals surface area contributed by atoms with Crippen LogP contribution in [0.5, 0.6) is 17.2 Å². The summed E-state index contributed by atoms with van der Waals surface area (Å²) in [6.07, 6.45) is 0.379. The van der Waals surface area contributed by atoms with Crippen LogP contribution in [0.2, 0.25) is 0 Å². The van der Waals surface area contributed by atoms with Crippen molar-refractivity contribution >= 4 is 0 Å². The summed E-state index contributed by atoms with van der Waals surface area (Å²) in [5.74, 6) is 1.64. The number of ether oxygens (including phenoxy) is 3. The highest BCUT2D eigenvalue weighted by Gasteiger charge is 2.31. The van der Waals surface area contributed by atoms with Gasteiger partial charge in [-0.2, -0.15) is 0 Å². The van der Waals surface area contributed by atoms with Crippen LogP contribution in [-0.2, 0) is 0 Å². The summed E-state index contributed by atoms with van der Waals surface area (Å²) in [4.78, 5) is 2.19. The molecule has 0 bridgehead atoms. The first kappa shape index (κ1) is 17.6. The number of methoxy groups -OCH3 is 3. The maximum atomic E-state index is 11.0. The Hall–Kier alpha value is -1.72. The van der Waals surface area contributed by atoms with Gasteiger partial charge in [-0.1, -0.05) is 11.1 Å². The van der Waals surface area contributed by atoms with Gasteiger partial charge in [0, 0.05) is 6.54 Å². The molecule has 1 aromatic carbocycles. The van der Waals surface area contributed by atoms with Crippen molar-refractivity contribution in [3.8, 4) is 17.2 Å². The van der Waals surface area contributed by atoms with Crippen LogP contribution >= 0.6 is 0 Å². The molecule has 0 amide bonds. The Morgan fingerprint density at radius 3 is 2.13 bits per heavy atom. The molecule has 0 fully saturated rings. The fourth-order valence-corrected chi connectivity index (χ4v) is 3.20. The molecule has 2 rings (SSSR count). The molecule has 128 valence electrons. The van der Waals surface area contributed by atoms with Gasteiger partial charge >= 0.3 is 0 Å². The number of likely N-dealkylation sites (N-methyl/N-ethyl adjacent to an activating group) is 1. The molecular weight excluding hydrogens is 294 g/mol. The standard InChI is InChI=1S/C18H27NO4/c1-11-7-8-19(3)16(12(11)2)17(20)13-9-14(21-4)18(23-6)15(10-13)22-5/h9-10,16-17,20H,7-8H2,1-6H3. The molecule has 5 heteroatoms. The van der Waals surface area contributed by atoms with E-state index in [0.29, 0.717) is 17.2 Å². The van der Waals surface area contributed by atoms with E-state index in [-0.39, 0.29) is 6.04 Å². The van der Waals surface area contributed by atoms with Gasteiger partial charge in [0.05, 0.1) is 33.5 Å². The van der Waals surface area contributed by atoms with Gasteiger partial charge in [-0.3, -0.25) is 4.90 Å². The smallest absolute Gasteiger partial charge is 0.203 e. The molecule has 0 spiro atoms. The summed E-state index contributed by atoms with van der Waals surface area (Å²) in [6, 6.07) is 3.58. The van der Waals surface area contributed by atoms with E-state index in [1.54, 1.807) is 21.3 Å². The first-order valence-corrected chi connectivity index (χ1v) is 7.79. The highest BCUT2D eigenvalue weighted by molar-refractivity contribution is 5.54. The number of hydrogen-bond acceptors (Lipinski definition) is 5. The Morgan fingerprint density at radius 2 is 1.65 bits per heavy atom. The molecule has 2 unspecified atom stereocenters. The molecule has 1 N–H and O–H groups in total. The summed E-state index contributed by atoms with van der Waals surface area (Å²) in [5.41, 5.74) is 3.32. The summed E-state index contributed by atoms with van der Waals surface area (Å²) in [6.45, 7) is 5.17. The highest BCUT2D eigenvalue weighted by Crippen LogP contribution is 2.41. The Morgan fingerprint density at radius 1 is 1.09 bits per heavy atom. The molecule has 0 saturated carbocycles. The number of nitrogens with zero attached hydrogens (tertiary/aromatic N) is 1. The minimum Gasteiger partial charge on any atom is -0.493 e. The van der Waals surface area contributed by atoms with Crippen LogP contribution < -0.4 is 14.2 Å². The minimum atomic E-state index is -0.663. The van der Waals surface area contributed by atoms with Crippen molar-refractivity contribution in [2.45, 2.75) is 32.4 Å². The quantitative estimate of drug-likeness (QED) is 0.845. The maximum absolute atomic E-state index is 11.0. The average Bonchev–Trinajstić information content (AvgIpc) is 2.56. The Balaban J connectivity index is 2.46. The van der Waals surface area contributed by atoms with E-state index in [0.717, 1.165) is 18.5 Å². The Labute approximate surface area is 138 Å². The van der Waals surface area contributed by atoms with Crippen molar-refractivity contribution in [2.24, 2.45) is 0 Å². The minimum absolute atomic E-state index is 0.0495. The van der Waals surface area contributed by atoms with E-state index in [2.05, 4.69) is 18.7 Å². The van der Waals surface area contributed by atoms with Gasteiger partial charge in [0.25, 0.3) is 0 Å². The topological polar surface area (TPSA) is 51.2 Å². The summed E-state index contributed by atoms with van der Waals surface area (Å²) in [7, 11) is 6.77. The largest absolute Gasteiger partial charge is 0.493 e. The van der Waals surface area contributed by atoms with Gasteiger partial charge in [-0.05, 0) is 45.0 Å². The van der Waals surface area contributed by atoms with Crippen LogP contribution in [0.4, 0.5) is 0 Å². The van der Waals surface area contributed by atoms with Crippen molar-refractivity contribution in [3.63, 3.8) is 0 Å². The molecule has 1 heterocycles. The van der Waals surface area contributed by atoms with E-state index >= 15 is 0 Å². The van der Waals surface area contributed by atoms with Crippen LogP contribution in [0.25, 0.3) is 0 Å². The third-order valence-electron chi connectivity index (χ3n) is 4.76.